The van der Waals surface area contributed by atoms with E-state index < -0.39 is 15.4 Å². The van der Waals surface area contributed by atoms with Crippen molar-refractivity contribution in [2.45, 2.75) is 18.6 Å². The number of hydrogen-bond acceptors (Lipinski definition) is 3. The highest BCUT2D eigenvalue weighted by molar-refractivity contribution is 7.86. The Kier molecular flexibility index (Phi) is 2.49. The van der Waals surface area contributed by atoms with Crippen LogP contribution in [0.3, 0.4) is 0 Å². The molecule has 1 aromatic heterocycles. The lowest BCUT2D eigenvalue weighted by atomic mass is 10.2. The molecule has 0 aliphatic heterocycles. The van der Waals surface area contributed by atoms with Crippen molar-refractivity contribution in [3.8, 4) is 0 Å². The minimum atomic E-state index is -4.01. The zero-order chi connectivity index (χ0) is 9.19. The Hall–Kier alpha value is -0.880. The molecule has 12 heavy (non-hydrogen) atoms. The second kappa shape index (κ2) is 3.24. The van der Waals surface area contributed by atoms with Crippen LogP contribution < -0.4 is 0 Å². The van der Waals surface area contributed by atoms with Crippen molar-refractivity contribution in [3.05, 3.63) is 18.0 Å². The van der Waals surface area contributed by atoms with Crippen molar-refractivity contribution < 1.29 is 13.0 Å². The smallest absolute Gasteiger partial charge is 0.273 e. The summed E-state index contributed by atoms with van der Waals surface area (Å²) >= 11 is 0. The first kappa shape index (κ1) is 9.21. The second-order valence-electron chi connectivity index (χ2n) is 2.42. The van der Waals surface area contributed by atoms with E-state index in [1.165, 1.54) is 12.3 Å². The summed E-state index contributed by atoms with van der Waals surface area (Å²) in [6.45, 7) is 1.68. The Labute approximate surface area is 70.6 Å². The molecule has 5 nitrogen and oxygen atoms in total. The molecule has 1 heterocycles. The first-order valence-electron chi connectivity index (χ1n) is 3.51. The second-order valence-corrected chi connectivity index (χ2v) is 4.02. The molecule has 0 radical (unpaired) electrons. The molecule has 1 aromatic rings. The first-order chi connectivity index (χ1) is 5.55. The number of nitrogens with zero attached hydrogens (tertiary/aromatic N) is 1. The van der Waals surface area contributed by atoms with Crippen LogP contribution in [0.5, 0.6) is 0 Å². The topological polar surface area (TPSA) is 83.0 Å². The van der Waals surface area contributed by atoms with Gasteiger partial charge in [0.2, 0.25) is 0 Å². The molecule has 1 rings (SSSR count). The minimum absolute atomic E-state index is 0.320. The Bertz CT molecular complexity index is 330. The van der Waals surface area contributed by atoms with Crippen LogP contribution in [0.1, 0.15) is 24.3 Å². The standard InChI is InChI=1S/C6H10N2O3S/c1-2-6(12(9,10)11)5-3-4-7-8-5/h3-4,6H,2H2,1H3,(H,7,8)(H,9,10,11). The van der Waals surface area contributed by atoms with Gasteiger partial charge in [0.15, 0.2) is 0 Å². The van der Waals surface area contributed by atoms with Gasteiger partial charge in [-0.1, -0.05) is 6.92 Å². The fraction of sp³-hybridized carbons (Fsp3) is 0.500. The number of H-pyrrole nitrogens is 1. The normalized spacial score (nSPS) is 14.5. The maximum absolute atomic E-state index is 10.8. The van der Waals surface area contributed by atoms with Gasteiger partial charge >= 0.3 is 0 Å². The number of nitrogens with one attached hydrogen (secondary N) is 1. The summed E-state index contributed by atoms with van der Waals surface area (Å²) in [5.41, 5.74) is 0.417. The lowest BCUT2D eigenvalue weighted by Crippen LogP contribution is -2.11. The zero-order valence-electron chi connectivity index (χ0n) is 6.56. The third kappa shape index (κ3) is 1.83. The number of rotatable bonds is 3. The van der Waals surface area contributed by atoms with Gasteiger partial charge in [0.05, 0.1) is 5.69 Å². The molecule has 0 bridgehead atoms. The Morgan fingerprint density at radius 3 is 2.75 bits per heavy atom. The van der Waals surface area contributed by atoms with E-state index >= 15 is 0 Å². The van der Waals surface area contributed by atoms with Crippen molar-refractivity contribution in [1.29, 1.82) is 0 Å². The van der Waals surface area contributed by atoms with Crippen molar-refractivity contribution in [2.24, 2.45) is 0 Å². The Morgan fingerprint density at radius 1 is 1.75 bits per heavy atom. The van der Waals surface area contributed by atoms with Crippen LogP contribution in [0.15, 0.2) is 12.3 Å². The molecule has 1 unspecified atom stereocenters. The maximum atomic E-state index is 10.8. The van der Waals surface area contributed by atoms with Gasteiger partial charge in [-0.3, -0.25) is 9.65 Å². The summed E-state index contributed by atoms with van der Waals surface area (Å²) in [7, 11) is -4.01. The van der Waals surface area contributed by atoms with E-state index in [2.05, 4.69) is 10.2 Å². The molecule has 0 aliphatic rings. The quantitative estimate of drug-likeness (QED) is 0.689. The van der Waals surface area contributed by atoms with Gasteiger partial charge in [-0.15, -0.1) is 0 Å². The van der Waals surface area contributed by atoms with E-state index in [4.69, 9.17) is 4.55 Å². The maximum Gasteiger partial charge on any atom is 0.273 e. The lowest BCUT2D eigenvalue weighted by molar-refractivity contribution is 0.465. The van der Waals surface area contributed by atoms with E-state index in [9.17, 15) is 8.42 Å². The molecule has 1 atom stereocenters. The summed E-state index contributed by atoms with van der Waals surface area (Å²) in [5, 5.41) is 5.22. The van der Waals surface area contributed by atoms with E-state index in [0.29, 0.717) is 12.1 Å². The number of aromatic nitrogens is 2. The lowest BCUT2D eigenvalue weighted by Gasteiger charge is -2.07. The molecule has 0 saturated carbocycles. The van der Waals surface area contributed by atoms with Crippen LogP contribution in [0.25, 0.3) is 0 Å². The molecule has 68 valence electrons. The van der Waals surface area contributed by atoms with Crippen LogP contribution in [-0.2, 0) is 10.1 Å². The summed E-state index contributed by atoms with van der Waals surface area (Å²) in [5.74, 6) is 0. The monoisotopic (exact) mass is 190 g/mol. The largest absolute Gasteiger partial charge is 0.285 e. The molecule has 0 aromatic carbocycles. The van der Waals surface area contributed by atoms with Crippen LogP contribution in [0.2, 0.25) is 0 Å². The fourth-order valence-corrected chi connectivity index (χ4v) is 1.91. The SMILES string of the molecule is CCC(c1ccn[nH]1)S(=O)(=O)O. The minimum Gasteiger partial charge on any atom is -0.285 e. The summed E-state index contributed by atoms with van der Waals surface area (Å²) in [6.07, 6.45) is 1.77. The van der Waals surface area contributed by atoms with E-state index in [-0.39, 0.29) is 0 Å². The highest BCUT2D eigenvalue weighted by atomic mass is 32.2. The average Bonchev–Trinajstić information content (AvgIpc) is 2.38. The molecule has 0 fully saturated rings. The van der Waals surface area contributed by atoms with E-state index in [0.717, 1.165) is 0 Å². The molecule has 2 N–H and O–H groups in total. The van der Waals surface area contributed by atoms with Gasteiger partial charge in [0, 0.05) is 6.20 Å². The highest BCUT2D eigenvalue weighted by Gasteiger charge is 2.23. The third-order valence-electron chi connectivity index (χ3n) is 1.60. The summed E-state index contributed by atoms with van der Waals surface area (Å²) in [4.78, 5) is 0. The molecule has 0 amide bonds. The van der Waals surface area contributed by atoms with E-state index in [1.807, 2.05) is 0 Å². The molecular weight excluding hydrogens is 180 g/mol. The van der Waals surface area contributed by atoms with Crippen molar-refractivity contribution in [2.75, 3.05) is 0 Å². The molecular formula is C6H10N2O3S. The third-order valence-corrected chi connectivity index (χ3v) is 2.91. The molecule has 0 aliphatic carbocycles. The summed E-state index contributed by atoms with van der Waals surface area (Å²) in [6, 6.07) is 1.53. The molecule has 6 heteroatoms. The average molecular weight is 190 g/mol. The zero-order valence-corrected chi connectivity index (χ0v) is 7.37. The fourth-order valence-electron chi connectivity index (χ4n) is 1.04. The Balaban J connectivity index is 3.00. The predicted octanol–water partition coefficient (Wildman–Crippen LogP) is 0.749. The van der Waals surface area contributed by atoms with E-state index in [1.54, 1.807) is 6.92 Å². The van der Waals surface area contributed by atoms with Gasteiger partial charge in [-0.05, 0) is 12.5 Å². The van der Waals surface area contributed by atoms with Crippen LogP contribution in [-0.4, -0.2) is 23.2 Å². The van der Waals surface area contributed by atoms with Crippen LogP contribution in [0.4, 0.5) is 0 Å². The van der Waals surface area contributed by atoms with Crippen LogP contribution >= 0.6 is 0 Å². The van der Waals surface area contributed by atoms with Gasteiger partial charge in [-0.2, -0.15) is 13.5 Å². The number of hydrogen-bond donors (Lipinski definition) is 2. The Morgan fingerprint density at radius 2 is 2.42 bits per heavy atom. The van der Waals surface area contributed by atoms with Gasteiger partial charge < -0.3 is 0 Å². The first-order valence-corrected chi connectivity index (χ1v) is 5.01. The van der Waals surface area contributed by atoms with Crippen LogP contribution in [0, 0.1) is 0 Å². The molecule has 0 saturated heterocycles. The van der Waals surface area contributed by atoms with Gasteiger partial charge in [0.1, 0.15) is 5.25 Å². The van der Waals surface area contributed by atoms with Gasteiger partial charge in [0.25, 0.3) is 10.1 Å². The highest BCUT2D eigenvalue weighted by Crippen LogP contribution is 2.21. The number of aromatic amines is 1. The molecule has 0 spiro atoms. The summed E-state index contributed by atoms with van der Waals surface area (Å²) < 4.78 is 30.3. The van der Waals surface area contributed by atoms with Crippen molar-refractivity contribution in [3.63, 3.8) is 0 Å². The van der Waals surface area contributed by atoms with Crippen molar-refractivity contribution in [1.82, 2.24) is 10.2 Å². The van der Waals surface area contributed by atoms with Gasteiger partial charge in [-0.25, -0.2) is 0 Å². The van der Waals surface area contributed by atoms with Crippen molar-refractivity contribution >= 4 is 10.1 Å². The predicted molar refractivity (Wildman–Crippen MR) is 43.2 cm³/mol.